The molecule has 0 fully saturated rings. The Morgan fingerprint density at radius 1 is 1.14 bits per heavy atom. The van der Waals surface area contributed by atoms with Gasteiger partial charge in [0, 0.05) is 11.6 Å². The highest BCUT2D eigenvalue weighted by molar-refractivity contribution is 6.42. The van der Waals surface area contributed by atoms with E-state index in [1.807, 2.05) is 18.2 Å². The summed E-state index contributed by atoms with van der Waals surface area (Å²) in [7, 11) is 0. The van der Waals surface area contributed by atoms with Crippen molar-refractivity contribution in [2.45, 2.75) is 0 Å². The molecule has 3 aromatic rings. The molecule has 0 saturated carbocycles. The van der Waals surface area contributed by atoms with Gasteiger partial charge in [0.2, 0.25) is 0 Å². The molecule has 0 bridgehead atoms. The van der Waals surface area contributed by atoms with Crippen molar-refractivity contribution in [3.63, 3.8) is 0 Å². The number of hydrazone groups is 1. The molecule has 1 aromatic heterocycles. The van der Waals surface area contributed by atoms with E-state index in [0.29, 0.717) is 15.6 Å². The summed E-state index contributed by atoms with van der Waals surface area (Å²) in [6.07, 6.45) is 3.30. The number of hydrogen-bond acceptors (Lipinski definition) is 2. The van der Waals surface area contributed by atoms with Crippen LogP contribution in [0.3, 0.4) is 0 Å². The van der Waals surface area contributed by atoms with E-state index in [4.69, 9.17) is 23.2 Å². The Bertz CT molecular complexity index is 871. The maximum Gasteiger partial charge on any atom is 0.273 e. The van der Waals surface area contributed by atoms with Gasteiger partial charge in [-0.15, -0.1) is 0 Å². The highest BCUT2D eigenvalue weighted by Crippen LogP contribution is 2.21. The molecule has 0 saturated heterocycles. The summed E-state index contributed by atoms with van der Waals surface area (Å²) in [6, 6.07) is 12.5. The molecule has 2 aromatic carbocycles. The number of hydrogen-bond donors (Lipinski definition) is 2. The zero-order valence-electron chi connectivity index (χ0n) is 11.3. The van der Waals surface area contributed by atoms with E-state index in [-0.39, 0.29) is 5.91 Å². The molecular weight excluding hydrogens is 321 g/mol. The van der Waals surface area contributed by atoms with Crippen LogP contribution in [0.15, 0.2) is 53.8 Å². The third-order valence-corrected chi connectivity index (χ3v) is 3.89. The zero-order chi connectivity index (χ0) is 15.5. The molecule has 0 aliphatic rings. The Hall–Kier alpha value is -2.30. The van der Waals surface area contributed by atoms with Crippen LogP contribution in [0, 0.1) is 0 Å². The number of nitrogens with zero attached hydrogens (tertiary/aromatic N) is 1. The number of amides is 1. The third kappa shape index (κ3) is 2.98. The number of halogens is 2. The van der Waals surface area contributed by atoms with Crippen LogP contribution in [0.4, 0.5) is 0 Å². The van der Waals surface area contributed by atoms with Gasteiger partial charge in [0.25, 0.3) is 5.91 Å². The lowest BCUT2D eigenvalue weighted by Gasteiger charge is -2.02. The smallest absolute Gasteiger partial charge is 0.273 e. The molecule has 1 heterocycles. The van der Waals surface area contributed by atoms with E-state index in [1.165, 1.54) is 6.21 Å². The maximum absolute atomic E-state index is 12.2. The molecule has 0 unspecified atom stereocenters. The Morgan fingerprint density at radius 2 is 2.00 bits per heavy atom. The van der Waals surface area contributed by atoms with Gasteiger partial charge in [0.05, 0.1) is 27.3 Å². The molecule has 0 radical (unpaired) electrons. The van der Waals surface area contributed by atoms with Crippen molar-refractivity contribution in [3.8, 4) is 0 Å². The highest BCUT2D eigenvalue weighted by Gasteiger charge is 2.09. The monoisotopic (exact) mass is 331 g/mol. The average Bonchev–Trinajstić information content (AvgIpc) is 2.99. The standard InChI is InChI=1S/C16H11Cl2N3O/c17-13-5-4-10(8-14(13)18)9-20-21-16(22)12-3-1-2-11-6-7-19-15(11)12/h1-9,19H,(H,21,22). The molecule has 110 valence electrons. The van der Waals surface area contributed by atoms with Crippen LogP contribution in [0.5, 0.6) is 0 Å². The summed E-state index contributed by atoms with van der Waals surface area (Å²) in [5.41, 5.74) is 4.56. The first-order valence-electron chi connectivity index (χ1n) is 6.50. The number of aromatic amines is 1. The molecule has 1 amide bonds. The first kappa shape index (κ1) is 14.6. The summed E-state index contributed by atoms with van der Waals surface area (Å²) in [5.74, 6) is -0.288. The van der Waals surface area contributed by atoms with E-state index < -0.39 is 0 Å². The quantitative estimate of drug-likeness (QED) is 0.547. The van der Waals surface area contributed by atoms with E-state index >= 15 is 0 Å². The number of H-pyrrole nitrogens is 1. The molecule has 4 nitrogen and oxygen atoms in total. The minimum absolute atomic E-state index is 0.288. The fraction of sp³-hybridized carbons (Fsp3) is 0. The van der Waals surface area contributed by atoms with E-state index in [2.05, 4.69) is 15.5 Å². The van der Waals surface area contributed by atoms with Crippen molar-refractivity contribution >= 4 is 46.2 Å². The summed E-state index contributed by atoms with van der Waals surface area (Å²) in [6.45, 7) is 0. The molecular formula is C16H11Cl2N3O. The van der Waals surface area contributed by atoms with Crippen molar-refractivity contribution in [1.82, 2.24) is 10.4 Å². The van der Waals surface area contributed by atoms with Gasteiger partial charge in [-0.1, -0.05) is 41.4 Å². The van der Waals surface area contributed by atoms with Crippen LogP contribution in [-0.4, -0.2) is 17.1 Å². The first-order chi connectivity index (χ1) is 10.6. The largest absolute Gasteiger partial charge is 0.361 e. The predicted octanol–water partition coefficient (Wildman–Crippen LogP) is 4.24. The molecule has 0 aliphatic carbocycles. The second kappa shape index (κ2) is 6.22. The molecule has 0 spiro atoms. The minimum Gasteiger partial charge on any atom is -0.361 e. The number of carbonyl (C=O) groups is 1. The van der Waals surface area contributed by atoms with E-state index in [1.54, 1.807) is 30.5 Å². The molecule has 2 N–H and O–H groups in total. The predicted molar refractivity (Wildman–Crippen MR) is 89.8 cm³/mol. The summed E-state index contributed by atoms with van der Waals surface area (Å²) >= 11 is 11.8. The Morgan fingerprint density at radius 3 is 2.82 bits per heavy atom. The number of benzene rings is 2. The number of para-hydroxylation sites is 1. The number of fused-ring (bicyclic) bond motifs is 1. The lowest BCUT2D eigenvalue weighted by Crippen LogP contribution is -2.17. The average molecular weight is 332 g/mol. The van der Waals surface area contributed by atoms with Gasteiger partial charge >= 0.3 is 0 Å². The third-order valence-electron chi connectivity index (χ3n) is 3.16. The topological polar surface area (TPSA) is 57.2 Å². The van der Waals surface area contributed by atoms with Crippen molar-refractivity contribution in [1.29, 1.82) is 0 Å². The van der Waals surface area contributed by atoms with Gasteiger partial charge in [-0.2, -0.15) is 5.10 Å². The fourth-order valence-electron chi connectivity index (χ4n) is 2.09. The Labute approximate surface area is 136 Å². The summed E-state index contributed by atoms with van der Waals surface area (Å²) in [5, 5.41) is 5.82. The van der Waals surface area contributed by atoms with Crippen LogP contribution >= 0.6 is 23.2 Å². The van der Waals surface area contributed by atoms with Gasteiger partial charge in [-0.05, 0) is 29.8 Å². The SMILES string of the molecule is O=C(NN=Cc1ccc(Cl)c(Cl)c1)c1cccc2cc[nH]c12. The molecule has 3 rings (SSSR count). The van der Waals surface area contributed by atoms with Crippen LogP contribution < -0.4 is 5.43 Å². The van der Waals surface area contributed by atoms with E-state index in [9.17, 15) is 4.79 Å². The van der Waals surface area contributed by atoms with Gasteiger partial charge in [0.15, 0.2) is 0 Å². The Kier molecular flexibility index (Phi) is 4.13. The van der Waals surface area contributed by atoms with Crippen molar-refractivity contribution < 1.29 is 4.79 Å². The normalized spacial score (nSPS) is 11.2. The van der Waals surface area contributed by atoms with Crippen molar-refractivity contribution in [2.24, 2.45) is 5.10 Å². The van der Waals surface area contributed by atoms with Crippen molar-refractivity contribution in [2.75, 3.05) is 0 Å². The number of nitrogens with one attached hydrogen (secondary N) is 2. The Balaban J connectivity index is 1.76. The fourth-order valence-corrected chi connectivity index (χ4v) is 2.40. The highest BCUT2D eigenvalue weighted by atomic mass is 35.5. The minimum atomic E-state index is -0.288. The maximum atomic E-state index is 12.2. The number of aromatic nitrogens is 1. The molecule has 0 atom stereocenters. The van der Waals surface area contributed by atoms with Gasteiger partial charge in [-0.3, -0.25) is 4.79 Å². The molecule has 6 heteroatoms. The second-order valence-electron chi connectivity index (χ2n) is 4.62. The van der Waals surface area contributed by atoms with Crippen LogP contribution in [0.2, 0.25) is 10.0 Å². The van der Waals surface area contributed by atoms with E-state index in [0.717, 1.165) is 16.5 Å². The number of rotatable bonds is 3. The van der Waals surface area contributed by atoms with Crippen LogP contribution in [-0.2, 0) is 0 Å². The second-order valence-corrected chi connectivity index (χ2v) is 5.43. The lowest BCUT2D eigenvalue weighted by atomic mass is 10.1. The lowest BCUT2D eigenvalue weighted by molar-refractivity contribution is 0.0956. The zero-order valence-corrected chi connectivity index (χ0v) is 12.8. The molecule has 22 heavy (non-hydrogen) atoms. The van der Waals surface area contributed by atoms with Crippen LogP contribution in [0.1, 0.15) is 15.9 Å². The van der Waals surface area contributed by atoms with Gasteiger partial charge in [0.1, 0.15) is 0 Å². The summed E-state index contributed by atoms with van der Waals surface area (Å²) < 4.78 is 0. The van der Waals surface area contributed by atoms with Gasteiger partial charge < -0.3 is 4.98 Å². The summed E-state index contributed by atoms with van der Waals surface area (Å²) in [4.78, 5) is 15.2. The number of carbonyl (C=O) groups excluding carboxylic acids is 1. The van der Waals surface area contributed by atoms with Gasteiger partial charge in [-0.25, -0.2) is 5.43 Å². The molecule has 0 aliphatic heterocycles. The van der Waals surface area contributed by atoms with Crippen molar-refractivity contribution in [3.05, 3.63) is 69.8 Å². The van der Waals surface area contributed by atoms with Crippen LogP contribution in [0.25, 0.3) is 10.9 Å². The first-order valence-corrected chi connectivity index (χ1v) is 7.25.